The first-order valence-electron chi connectivity index (χ1n) is 8.21. The maximum absolute atomic E-state index is 12.2. The van der Waals surface area contributed by atoms with Crippen molar-refractivity contribution in [1.82, 2.24) is 4.90 Å². The van der Waals surface area contributed by atoms with E-state index in [1.165, 1.54) is 37.7 Å². The van der Waals surface area contributed by atoms with Crippen LogP contribution < -0.4 is 5.73 Å². The molecule has 116 valence electrons. The summed E-state index contributed by atoms with van der Waals surface area (Å²) in [4.78, 5) is 14.1. The van der Waals surface area contributed by atoms with Gasteiger partial charge in [0.05, 0.1) is 0 Å². The second kappa shape index (κ2) is 8.18. The molecule has 1 amide bonds. The monoisotopic (exact) mass is 288 g/mol. The quantitative estimate of drug-likeness (QED) is 0.871. The normalized spacial score (nSPS) is 15.9. The molecule has 0 aliphatic heterocycles. The molecule has 0 heterocycles. The average Bonchev–Trinajstić information content (AvgIpc) is 2.54. The van der Waals surface area contributed by atoms with Crippen molar-refractivity contribution < 1.29 is 4.79 Å². The van der Waals surface area contributed by atoms with Crippen molar-refractivity contribution in [1.29, 1.82) is 0 Å². The molecule has 21 heavy (non-hydrogen) atoms. The van der Waals surface area contributed by atoms with Crippen LogP contribution in [0.2, 0.25) is 0 Å². The van der Waals surface area contributed by atoms with E-state index in [1.54, 1.807) is 0 Å². The Morgan fingerprint density at radius 1 is 1.14 bits per heavy atom. The van der Waals surface area contributed by atoms with Gasteiger partial charge in [-0.3, -0.25) is 4.79 Å². The largest absolute Gasteiger partial charge is 0.341 e. The van der Waals surface area contributed by atoms with E-state index in [0.29, 0.717) is 19.5 Å². The van der Waals surface area contributed by atoms with Crippen LogP contribution in [-0.4, -0.2) is 17.9 Å². The van der Waals surface area contributed by atoms with Crippen molar-refractivity contribution in [2.24, 2.45) is 11.7 Å². The number of carbonyl (C=O) groups is 1. The Kier molecular flexibility index (Phi) is 6.24. The highest BCUT2D eigenvalue weighted by molar-refractivity contribution is 5.75. The summed E-state index contributed by atoms with van der Waals surface area (Å²) in [6.07, 6.45) is 8.47. The SMILES string of the molecule is CN(Cc1ccc(CN)cc1)C(=O)CCC1CCCCC1. The molecule has 0 saturated heterocycles. The smallest absolute Gasteiger partial charge is 0.222 e. The predicted octanol–water partition coefficient (Wildman–Crippen LogP) is 3.46. The van der Waals surface area contributed by atoms with Crippen LogP contribution in [-0.2, 0) is 17.9 Å². The summed E-state index contributed by atoms with van der Waals surface area (Å²) in [6.45, 7) is 1.25. The topological polar surface area (TPSA) is 46.3 Å². The number of hydrogen-bond donors (Lipinski definition) is 1. The van der Waals surface area contributed by atoms with Gasteiger partial charge in [0, 0.05) is 26.6 Å². The fourth-order valence-electron chi connectivity index (χ4n) is 3.14. The molecule has 0 unspecified atom stereocenters. The van der Waals surface area contributed by atoms with Crippen LogP contribution in [0, 0.1) is 5.92 Å². The van der Waals surface area contributed by atoms with Gasteiger partial charge in [-0.2, -0.15) is 0 Å². The van der Waals surface area contributed by atoms with E-state index in [-0.39, 0.29) is 5.91 Å². The minimum atomic E-state index is 0.267. The summed E-state index contributed by atoms with van der Waals surface area (Å²) in [7, 11) is 1.90. The minimum absolute atomic E-state index is 0.267. The highest BCUT2D eigenvalue weighted by Crippen LogP contribution is 2.27. The van der Waals surface area contributed by atoms with Gasteiger partial charge in [-0.15, -0.1) is 0 Å². The zero-order chi connectivity index (χ0) is 15.1. The van der Waals surface area contributed by atoms with Crippen molar-refractivity contribution in [2.45, 2.75) is 58.0 Å². The van der Waals surface area contributed by atoms with E-state index in [1.807, 2.05) is 24.1 Å². The van der Waals surface area contributed by atoms with Crippen molar-refractivity contribution in [3.8, 4) is 0 Å². The van der Waals surface area contributed by atoms with Crippen molar-refractivity contribution in [2.75, 3.05) is 7.05 Å². The first kappa shape index (κ1) is 16.0. The van der Waals surface area contributed by atoms with Gasteiger partial charge in [0.2, 0.25) is 5.91 Å². The van der Waals surface area contributed by atoms with Crippen molar-refractivity contribution >= 4 is 5.91 Å². The highest BCUT2D eigenvalue weighted by atomic mass is 16.2. The van der Waals surface area contributed by atoms with E-state index in [2.05, 4.69) is 12.1 Å². The number of amides is 1. The molecule has 3 heteroatoms. The molecule has 1 aliphatic carbocycles. The second-order valence-electron chi connectivity index (χ2n) is 6.31. The molecular weight excluding hydrogens is 260 g/mol. The third kappa shape index (κ3) is 5.16. The standard InChI is InChI=1S/C18H28N2O/c1-20(14-17-9-7-16(13-19)8-10-17)18(21)12-11-15-5-3-2-4-6-15/h7-10,15H,2-6,11-14,19H2,1H3. The predicted molar refractivity (Wildman–Crippen MR) is 86.6 cm³/mol. The summed E-state index contributed by atoms with van der Waals surface area (Å²) >= 11 is 0. The number of hydrogen-bond acceptors (Lipinski definition) is 2. The summed E-state index contributed by atoms with van der Waals surface area (Å²) < 4.78 is 0. The Morgan fingerprint density at radius 3 is 2.38 bits per heavy atom. The Hall–Kier alpha value is -1.35. The molecule has 1 aromatic rings. The van der Waals surface area contributed by atoms with Crippen molar-refractivity contribution in [3.63, 3.8) is 0 Å². The van der Waals surface area contributed by atoms with Gasteiger partial charge in [-0.1, -0.05) is 56.4 Å². The molecule has 1 aliphatic rings. The van der Waals surface area contributed by atoms with Gasteiger partial charge >= 0.3 is 0 Å². The molecule has 3 nitrogen and oxygen atoms in total. The van der Waals surface area contributed by atoms with Gasteiger partial charge in [0.15, 0.2) is 0 Å². The average molecular weight is 288 g/mol. The minimum Gasteiger partial charge on any atom is -0.341 e. The molecule has 1 aromatic carbocycles. The third-order valence-corrected chi connectivity index (χ3v) is 4.60. The fraction of sp³-hybridized carbons (Fsp3) is 0.611. The number of rotatable bonds is 6. The maximum Gasteiger partial charge on any atom is 0.222 e. The first-order valence-corrected chi connectivity index (χ1v) is 8.21. The Labute approximate surface area is 128 Å². The first-order chi connectivity index (χ1) is 10.2. The van der Waals surface area contributed by atoms with Crippen LogP contribution in [0.25, 0.3) is 0 Å². The van der Waals surface area contributed by atoms with Crippen LogP contribution in [0.15, 0.2) is 24.3 Å². The lowest BCUT2D eigenvalue weighted by molar-refractivity contribution is -0.130. The van der Waals surface area contributed by atoms with Crippen LogP contribution in [0.4, 0.5) is 0 Å². The summed E-state index contributed by atoms with van der Waals surface area (Å²) in [5.74, 6) is 1.04. The Morgan fingerprint density at radius 2 is 1.76 bits per heavy atom. The molecule has 1 fully saturated rings. The number of benzene rings is 1. The van der Waals surface area contributed by atoms with Gasteiger partial charge < -0.3 is 10.6 Å². The van der Waals surface area contributed by atoms with Crippen LogP contribution in [0.5, 0.6) is 0 Å². The van der Waals surface area contributed by atoms with Gasteiger partial charge in [-0.05, 0) is 23.5 Å². The summed E-state index contributed by atoms with van der Waals surface area (Å²) in [5, 5.41) is 0. The lowest BCUT2D eigenvalue weighted by Gasteiger charge is -2.23. The molecule has 0 atom stereocenters. The molecule has 0 bridgehead atoms. The highest BCUT2D eigenvalue weighted by Gasteiger charge is 2.16. The van der Waals surface area contributed by atoms with Crippen LogP contribution in [0.3, 0.4) is 0 Å². The molecule has 1 saturated carbocycles. The molecule has 2 N–H and O–H groups in total. The molecule has 0 aromatic heterocycles. The molecular formula is C18H28N2O. The fourth-order valence-corrected chi connectivity index (χ4v) is 3.14. The number of nitrogens with two attached hydrogens (primary N) is 1. The van der Waals surface area contributed by atoms with E-state index in [4.69, 9.17) is 5.73 Å². The third-order valence-electron chi connectivity index (χ3n) is 4.60. The maximum atomic E-state index is 12.2. The molecule has 2 rings (SSSR count). The van der Waals surface area contributed by atoms with E-state index < -0.39 is 0 Å². The van der Waals surface area contributed by atoms with E-state index >= 15 is 0 Å². The lowest BCUT2D eigenvalue weighted by atomic mass is 9.86. The van der Waals surface area contributed by atoms with E-state index in [9.17, 15) is 4.79 Å². The van der Waals surface area contributed by atoms with Gasteiger partial charge in [0.25, 0.3) is 0 Å². The number of carbonyl (C=O) groups excluding carboxylic acids is 1. The van der Waals surface area contributed by atoms with Crippen LogP contribution >= 0.6 is 0 Å². The summed E-state index contributed by atoms with van der Waals surface area (Å²) in [5.41, 5.74) is 7.89. The number of nitrogens with zero attached hydrogens (tertiary/aromatic N) is 1. The lowest BCUT2D eigenvalue weighted by Crippen LogP contribution is -2.26. The van der Waals surface area contributed by atoms with Gasteiger partial charge in [0.1, 0.15) is 0 Å². The summed E-state index contributed by atoms with van der Waals surface area (Å²) in [6, 6.07) is 8.20. The zero-order valence-electron chi connectivity index (χ0n) is 13.2. The zero-order valence-corrected chi connectivity index (χ0v) is 13.2. The second-order valence-corrected chi connectivity index (χ2v) is 6.31. The molecule has 0 spiro atoms. The van der Waals surface area contributed by atoms with Crippen molar-refractivity contribution in [3.05, 3.63) is 35.4 Å². The Balaban J connectivity index is 1.75. The molecule has 0 radical (unpaired) electrons. The van der Waals surface area contributed by atoms with Crippen LogP contribution in [0.1, 0.15) is 56.1 Å². The van der Waals surface area contributed by atoms with Gasteiger partial charge in [-0.25, -0.2) is 0 Å². The Bertz CT molecular complexity index is 435. The van der Waals surface area contributed by atoms with E-state index in [0.717, 1.165) is 17.9 Å².